The average Bonchev–Trinajstić information content (AvgIpc) is 2.92. The van der Waals surface area contributed by atoms with Gasteiger partial charge in [0.1, 0.15) is 6.10 Å². The van der Waals surface area contributed by atoms with E-state index in [9.17, 15) is 30.0 Å². The van der Waals surface area contributed by atoms with E-state index in [4.69, 9.17) is 18.9 Å². The first-order valence-electron chi connectivity index (χ1n) is 13.0. The van der Waals surface area contributed by atoms with E-state index in [1.165, 1.54) is 19.3 Å². The molecule has 0 amide bonds. The maximum atomic E-state index is 13.7. The standard InChI is InChI=1S/C30H34O10/c1-18(32)38-27-26(34)24-7-4-13-30(36,40-24)28(27)39-29(35)22(16-21-9-11-23(33)25(17-21)37-2)10-8-19-5-3-6-20(15-19)12-14-31/h3-6,9,11,13,15-17,24,26-28,31,33-34,36H,7-8,10,12,14H2,1-2H3. The zero-order chi connectivity index (χ0) is 28.9. The van der Waals surface area contributed by atoms with Gasteiger partial charge in [-0.05, 0) is 66.7 Å². The Labute approximate surface area is 232 Å². The van der Waals surface area contributed by atoms with Crippen LogP contribution < -0.4 is 4.74 Å². The third-order valence-electron chi connectivity index (χ3n) is 6.91. The van der Waals surface area contributed by atoms with Crippen LogP contribution in [0.3, 0.4) is 0 Å². The number of esters is 2. The minimum atomic E-state index is -2.11. The summed E-state index contributed by atoms with van der Waals surface area (Å²) in [6.07, 6.45) is 0.867. The number of fused-ring (bicyclic) bond motifs is 2. The number of aryl methyl sites for hydroxylation is 1. The lowest BCUT2D eigenvalue weighted by molar-refractivity contribution is -0.329. The van der Waals surface area contributed by atoms with Crippen molar-refractivity contribution in [1.82, 2.24) is 0 Å². The number of benzene rings is 2. The molecular formula is C30H34O10. The highest BCUT2D eigenvalue weighted by Crippen LogP contribution is 2.38. The Balaban J connectivity index is 1.65. The summed E-state index contributed by atoms with van der Waals surface area (Å²) < 4.78 is 21.9. The predicted molar refractivity (Wildman–Crippen MR) is 143 cm³/mol. The van der Waals surface area contributed by atoms with Crippen molar-refractivity contribution in [2.45, 2.75) is 62.8 Å². The van der Waals surface area contributed by atoms with Gasteiger partial charge in [-0.15, -0.1) is 0 Å². The normalized spacial score (nSPS) is 25.8. The molecule has 10 nitrogen and oxygen atoms in total. The van der Waals surface area contributed by atoms with Crippen LogP contribution in [-0.2, 0) is 36.6 Å². The number of aromatic hydroxyl groups is 1. The van der Waals surface area contributed by atoms with Crippen molar-refractivity contribution in [3.63, 3.8) is 0 Å². The highest BCUT2D eigenvalue weighted by molar-refractivity contribution is 5.94. The number of carbonyl (C=O) groups excluding carboxylic acids is 2. The number of methoxy groups -OCH3 is 1. The number of phenolic OH excluding ortho intramolecular Hbond substituents is 1. The number of phenols is 1. The summed E-state index contributed by atoms with van der Waals surface area (Å²) >= 11 is 0. The molecule has 5 atom stereocenters. The molecule has 4 rings (SSSR count). The van der Waals surface area contributed by atoms with Crippen LogP contribution in [0, 0.1) is 0 Å². The smallest absolute Gasteiger partial charge is 0.334 e. The van der Waals surface area contributed by atoms with Crippen molar-refractivity contribution in [3.05, 3.63) is 76.9 Å². The van der Waals surface area contributed by atoms with Crippen LogP contribution in [0.5, 0.6) is 11.5 Å². The minimum absolute atomic E-state index is 0.0145. The van der Waals surface area contributed by atoms with Crippen molar-refractivity contribution in [2.24, 2.45) is 0 Å². The molecular weight excluding hydrogens is 520 g/mol. The maximum Gasteiger partial charge on any atom is 0.334 e. The van der Waals surface area contributed by atoms with E-state index >= 15 is 0 Å². The molecule has 0 saturated carbocycles. The summed E-state index contributed by atoms with van der Waals surface area (Å²) in [5.74, 6) is -3.49. The van der Waals surface area contributed by atoms with Crippen molar-refractivity contribution >= 4 is 18.0 Å². The maximum absolute atomic E-state index is 13.7. The van der Waals surface area contributed by atoms with Crippen LogP contribution >= 0.6 is 0 Å². The van der Waals surface area contributed by atoms with Crippen LogP contribution in [0.1, 0.15) is 36.5 Å². The van der Waals surface area contributed by atoms with Gasteiger partial charge in [0.15, 0.2) is 23.7 Å². The first-order chi connectivity index (χ1) is 19.1. The van der Waals surface area contributed by atoms with Gasteiger partial charge < -0.3 is 39.4 Å². The highest BCUT2D eigenvalue weighted by Gasteiger charge is 2.57. The summed E-state index contributed by atoms with van der Waals surface area (Å²) in [7, 11) is 1.41. The van der Waals surface area contributed by atoms with E-state index in [2.05, 4.69) is 0 Å². The quantitative estimate of drug-likeness (QED) is 0.195. The second-order valence-corrected chi connectivity index (χ2v) is 9.83. The molecule has 4 N–H and O–H groups in total. The fourth-order valence-electron chi connectivity index (χ4n) is 4.93. The van der Waals surface area contributed by atoms with Crippen LogP contribution in [0.15, 0.2) is 60.2 Å². The summed E-state index contributed by atoms with van der Waals surface area (Å²) in [5.41, 5.74) is 2.64. The molecule has 0 aromatic heterocycles. The van der Waals surface area contributed by atoms with Gasteiger partial charge in [-0.25, -0.2) is 4.79 Å². The number of hydrogen-bond acceptors (Lipinski definition) is 10. The van der Waals surface area contributed by atoms with Crippen molar-refractivity contribution < 1.29 is 49.0 Å². The van der Waals surface area contributed by atoms with E-state index in [-0.39, 0.29) is 36.5 Å². The minimum Gasteiger partial charge on any atom is -0.504 e. The molecule has 214 valence electrons. The highest BCUT2D eigenvalue weighted by atomic mass is 16.7. The average molecular weight is 555 g/mol. The molecule has 5 unspecified atom stereocenters. The lowest BCUT2D eigenvalue weighted by Crippen LogP contribution is -2.66. The molecule has 0 radical (unpaired) electrons. The lowest BCUT2D eigenvalue weighted by atomic mass is 9.87. The van der Waals surface area contributed by atoms with Crippen LogP contribution in [0.25, 0.3) is 6.08 Å². The van der Waals surface area contributed by atoms with E-state index in [1.807, 2.05) is 24.3 Å². The lowest BCUT2D eigenvalue weighted by Gasteiger charge is -2.48. The van der Waals surface area contributed by atoms with Gasteiger partial charge >= 0.3 is 11.9 Å². The second-order valence-electron chi connectivity index (χ2n) is 9.83. The Morgan fingerprint density at radius 2 is 1.88 bits per heavy atom. The Kier molecular flexibility index (Phi) is 9.26. The summed E-state index contributed by atoms with van der Waals surface area (Å²) in [6.45, 7) is 1.17. The van der Waals surface area contributed by atoms with E-state index in [0.29, 0.717) is 18.4 Å². The Bertz CT molecular complexity index is 1290. The van der Waals surface area contributed by atoms with E-state index in [1.54, 1.807) is 24.3 Å². The molecule has 2 aliphatic rings. The third-order valence-corrected chi connectivity index (χ3v) is 6.91. The number of aliphatic hydroxyl groups excluding tert-OH is 2. The Morgan fingerprint density at radius 1 is 1.12 bits per heavy atom. The summed E-state index contributed by atoms with van der Waals surface area (Å²) in [4.78, 5) is 25.5. The van der Waals surface area contributed by atoms with E-state index in [0.717, 1.165) is 18.1 Å². The second kappa shape index (κ2) is 12.6. The summed E-state index contributed by atoms with van der Waals surface area (Å²) in [5, 5.41) is 41.3. The molecule has 2 bridgehead atoms. The number of carbonyl (C=O) groups is 2. The van der Waals surface area contributed by atoms with E-state index < -0.39 is 42.1 Å². The molecule has 2 aromatic rings. The number of aliphatic hydroxyl groups is 3. The molecule has 40 heavy (non-hydrogen) atoms. The number of hydrogen-bond donors (Lipinski definition) is 4. The molecule has 0 aliphatic carbocycles. The summed E-state index contributed by atoms with van der Waals surface area (Å²) in [6, 6.07) is 12.2. The van der Waals surface area contributed by atoms with Crippen LogP contribution in [0.2, 0.25) is 0 Å². The zero-order valence-electron chi connectivity index (χ0n) is 22.4. The largest absolute Gasteiger partial charge is 0.504 e. The van der Waals surface area contributed by atoms with Crippen molar-refractivity contribution in [1.29, 1.82) is 0 Å². The monoisotopic (exact) mass is 554 g/mol. The third kappa shape index (κ3) is 6.71. The van der Waals surface area contributed by atoms with Crippen LogP contribution in [0.4, 0.5) is 0 Å². The Hall–Kier alpha value is -3.70. The van der Waals surface area contributed by atoms with Gasteiger partial charge in [0.05, 0.1) is 13.2 Å². The van der Waals surface area contributed by atoms with Gasteiger partial charge in [-0.1, -0.05) is 36.4 Å². The molecule has 2 aromatic carbocycles. The topological polar surface area (TPSA) is 152 Å². The molecule has 1 saturated heterocycles. The SMILES string of the molecule is COc1cc(C=C(CCc2cccc(CCO)c2)C(=O)OC2C(OC(C)=O)C(O)C3CC=CC2(O)O3)ccc1O. The molecule has 1 fully saturated rings. The van der Waals surface area contributed by atoms with Gasteiger partial charge in [0, 0.05) is 19.1 Å². The molecule has 0 spiro atoms. The molecule has 2 aliphatic heterocycles. The predicted octanol–water partition coefficient (Wildman–Crippen LogP) is 2.20. The van der Waals surface area contributed by atoms with Gasteiger partial charge in [0.2, 0.25) is 5.79 Å². The van der Waals surface area contributed by atoms with Gasteiger partial charge in [0.25, 0.3) is 0 Å². The van der Waals surface area contributed by atoms with Crippen molar-refractivity contribution in [2.75, 3.05) is 13.7 Å². The fraction of sp³-hybridized carbons (Fsp3) is 0.400. The molecule has 2 heterocycles. The first kappa shape index (κ1) is 29.3. The number of ether oxygens (including phenoxy) is 4. The first-order valence-corrected chi connectivity index (χ1v) is 13.0. The fourth-order valence-corrected chi connectivity index (χ4v) is 4.93. The zero-order valence-corrected chi connectivity index (χ0v) is 22.4. The van der Waals surface area contributed by atoms with Gasteiger partial charge in [-0.2, -0.15) is 0 Å². The van der Waals surface area contributed by atoms with Gasteiger partial charge in [-0.3, -0.25) is 4.79 Å². The van der Waals surface area contributed by atoms with Crippen LogP contribution in [-0.4, -0.2) is 76.3 Å². The van der Waals surface area contributed by atoms with Crippen molar-refractivity contribution in [3.8, 4) is 11.5 Å². The molecule has 10 heteroatoms. The Morgan fingerprint density at radius 3 is 2.58 bits per heavy atom. The number of rotatable bonds is 10.